The fourth-order valence-corrected chi connectivity index (χ4v) is 3.36. The monoisotopic (exact) mass is 315 g/mol. The summed E-state index contributed by atoms with van der Waals surface area (Å²) in [7, 11) is 1.65. The first-order chi connectivity index (χ1) is 10.9. The molecule has 1 aliphatic rings. The zero-order valence-electron chi connectivity index (χ0n) is 14.4. The largest absolute Gasteiger partial charge is 0.497 e. The van der Waals surface area contributed by atoms with Crippen LogP contribution in [0, 0.1) is 5.41 Å². The van der Waals surface area contributed by atoms with Crippen molar-refractivity contribution in [2.75, 3.05) is 7.11 Å². The van der Waals surface area contributed by atoms with Gasteiger partial charge in [-0.1, -0.05) is 32.9 Å². The number of nitrogens with zero attached hydrogens (tertiary/aromatic N) is 3. The summed E-state index contributed by atoms with van der Waals surface area (Å²) in [6.07, 6.45) is 3.03. The number of rotatable bonds is 3. The zero-order valence-corrected chi connectivity index (χ0v) is 14.4. The minimum Gasteiger partial charge on any atom is -0.497 e. The van der Waals surface area contributed by atoms with Crippen LogP contribution in [0.2, 0.25) is 0 Å². The van der Waals surface area contributed by atoms with Crippen LogP contribution < -0.4 is 10.4 Å². The molecule has 23 heavy (non-hydrogen) atoms. The van der Waals surface area contributed by atoms with Crippen LogP contribution in [0.4, 0.5) is 0 Å². The molecular weight excluding hydrogens is 290 g/mol. The van der Waals surface area contributed by atoms with Crippen LogP contribution in [0.3, 0.4) is 0 Å². The van der Waals surface area contributed by atoms with E-state index in [4.69, 9.17) is 4.74 Å². The van der Waals surface area contributed by atoms with Crippen molar-refractivity contribution in [2.45, 2.75) is 52.6 Å². The van der Waals surface area contributed by atoms with Crippen LogP contribution in [0.5, 0.6) is 5.75 Å². The molecular formula is C18H25N3O2. The molecule has 1 aromatic heterocycles. The third-order valence-electron chi connectivity index (χ3n) is 4.62. The van der Waals surface area contributed by atoms with Crippen LogP contribution in [0.1, 0.15) is 51.0 Å². The molecule has 0 amide bonds. The molecule has 0 aliphatic carbocycles. The van der Waals surface area contributed by atoms with Gasteiger partial charge < -0.3 is 4.74 Å². The highest BCUT2D eigenvalue weighted by Crippen LogP contribution is 2.36. The summed E-state index contributed by atoms with van der Waals surface area (Å²) in [5.41, 5.74) is 1.12. The maximum Gasteiger partial charge on any atom is 0.346 e. The molecule has 0 spiro atoms. The van der Waals surface area contributed by atoms with Gasteiger partial charge >= 0.3 is 5.69 Å². The van der Waals surface area contributed by atoms with E-state index in [1.807, 2.05) is 28.8 Å². The van der Waals surface area contributed by atoms with Gasteiger partial charge in [0.15, 0.2) is 0 Å². The Bertz CT molecular complexity index is 735. The number of ether oxygens (including phenoxy) is 1. The second kappa shape index (κ2) is 5.87. The van der Waals surface area contributed by atoms with Gasteiger partial charge in [-0.2, -0.15) is 5.10 Å². The maximum absolute atomic E-state index is 12.8. The topological polar surface area (TPSA) is 49.0 Å². The molecule has 0 radical (unpaired) electrons. The van der Waals surface area contributed by atoms with Crippen molar-refractivity contribution >= 4 is 0 Å². The van der Waals surface area contributed by atoms with Gasteiger partial charge in [-0.3, -0.25) is 4.57 Å². The zero-order chi connectivity index (χ0) is 16.6. The van der Waals surface area contributed by atoms with Gasteiger partial charge in [0, 0.05) is 12.5 Å². The van der Waals surface area contributed by atoms with E-state index in [1.54, 1.807) is 11.8 Å². The lowest BCUT2D eigenvalue weighted by molar-refractivity contribution is 0.199. The molecule has 1 aromatic carbocycles. The third kappa shape index (κ3) is 3.05. The van der Waals surface area contributed by atoms with Crippen molar-refractivity contribution in [3.63, 3.8) is 0 Å². The highest BCUT2D eigenvalue weighted by molar-refractivity contribution is 5.27. The van der Waals surface area contributed by atoms with Gasteiger partial charge in [0.25, 0.3) is 0 Å². The standard InChI is InChI=1S/C18H25N3O2/c1-18(2,3)15-6-5-7-16-19-20(17(22)21(15)16)12-13-8-10-14(23-4)11-9-13/h8-11,15H,5-7,12H2,1-4H3/t15-/m0/s1. The van der Waals surface area contributed by atoms with Crippen molar-refractivity contribution in [2.24, 2.45) is 5.41 Å². The van der Waals surface area contributed by atoms with Gasteiger partial charge in [-0.15, -0.1) is 0 Å². The molecule has 0 unspecified atom stereocenters. The molecule has 124 valence electrons. The van der Waals surface area contributed by atoms with E-state index in [1.165, 1.54) is 0 Å². The average Bonchev–Trinajstić information content (AvgIpc) is 2.83. The Morgan fingerprint density at radius 3 is 2.57 bits per heavy atom. The van der Waals surface area contributed by atoms with Crippen LogP contribution in [-0.2, 0) is 13.0 Å². The van der Waals surface area contributed by atoms with Crippen molar-refractivity contribution in [1.82, 2.24) is 14.3 Å². The molecule has 0 N–H and O–H groups in total. The minimum atomic E-state index is 0.00967. The normalized spacial score (nSPS) is 17.8. The fourth-order valence-electron chi connectivity index (χ4n) is 3.36. The molecule has 0 saturated carbocycles. The molecule has 2 heterocycles. The van der Waals surface area contributed by atoms with E-state index in [0.717, 1.165) is 36.4 Å². The molecule has 0 fully saturated rings. The summed E-state index contributed by atoms with van der Waals surface area (Å²) in [5.74, 6) is 1.74. The van der Waals surface area contributed by atoms with E-state index < -0.39 is 0 Å². The first kappa shape index (κ1) is 15.8. The molecule has 2 aromatic rings. The van der Waals surface area contributed by atoms with Crippen molar-refractivity contribution in [3.05, 3.63) is 46.1 Å². The SMILES string of the molecule is COc1ccc(Cn2nc3n(c2=O)[C@H](C(C)(C)C)CCC3)cc1. The Balaban J connectivity index is 1.93. The first-order valence-electron chi connectivity index (χ1n) is 8.21. The number of methoxy groups -OCH3 is 1. The fraction of sp³-hybridized carbons (Fsp3) is 0.556. The Labute approximate surface area is 136 Å². The predicted octanol–water partition coefficient (Wildman–Crippen LogP) is 3.03. The molecule has 0 bridgehead atoms. The Morgan fingerprint density at radius 2 is 1.96 bits per heavy atom. The summed E-state index contributed by atoms with van der Waals surface area (Å²) in [5, 5.41) is 4.59. The summed E-state index contributed by atoms with van der Waals surface area (Å²) in [6, 6.07) is 8.00. The minimum absolute atomic E-state index is 0.00967. The number of benzene rings is 1. The highest BCUT2D eigenvalue weighted by Gasteiger charge is 2.33. The Morgan fingerprint density at radius 1 is 1.26 bits per heavy atom. The van der Waals surface area contributed by atoms with E-state index in [2.05, 4.69) is 25.9 Å². The van der Waals surface area contributed by atoms with Gasteiger partial charge in [0.1, 0.15) is 11.6 Å². The molecule has 0 saturated heterocycles. The lowest BCUT2D eigenvalue weighted by atomic mass is 9.82. The Kier molecular flexibility index (Phi) is 4.04. The summed E-state index contributed by atoms with van der Waals surface area (Å²) < 4.78 is 8.69. The number of aryl methyl sites for hydroxylation is 1. The molecule has 1 atom stereocenters. The number of aromatic nitrogens is 3. The first-order valence-corrected chi connectivity index (χ1v) is 8.21. The molecule has 3 rings (SSSR count). The lowest BCUT2D eigenvalue weighted by Gasteiger charge is -2.34. The van der Waals surface area contributed by atoms with Crippen LogP contribution >= 0.6 is 0 Å². The number of hydrogen-bond acceptors (Lipinski definition) is 3. The van der Waals surface area contributed by atoms with Crippen LogP contribution in [0.25, 0.3) is 0 Å². The van der Waals surface area contributed by atoms with E-state index in [9.17, 15) is 4.79 Å². The van der Waals surface area contributed by atoms with E-state index in [0.29, 0.717) is 6.54 Å². The smallest absolute Gasteiger partial charge is 0.346 e. The van der Waals surface area contributed by atoms with Gasteiger partial charge in [0.2, 0.25) is 0 Å². The third-order valence-corrected chi connectivity index (χ3v) is 4.62. The average molecular weight is 315 g/mol. The van der Waals surface area contributed by atoms with Crippen molar-refractivity contribution < 1.29 is 4.74 Å². The second-order valence-electron chi connectivity index (χ2n) is 7.35. The summed E-state index contributed by atoms with van der Waals surface area (Å²) >= 11 is 0. The second-order valence-corrected chi connectivity index (χ2v) is 7.35. The van der Waals surface area contributed by atoms with E-state index in [-0.39, 0.29) is 17.1 Å². The predicted molar refractivity (Wildman–Crippen MR) is 90.0 cm³/mol. The highest BCUT2D eigenvalue weighted by atomic mass is 16.5. The van der Waals surface area contributed by atoms with Crippen LogP contribution in [-0.4, -0.2) is 21.5 Å². The molecule has 1 aliphatic heterocycles. The Hall–Kier alpha value is -2.04. The molecule has 5 nitrogen and oxygen atoms in total. The van der Waals surface area contributed by atoms with Crippen molar-refractivity contribution in [3.8, 4) is 5.75 Å². The van der Waals surface area contributed by atoms with Gasteiger partial charge in [0.05, 0.1) is 13.7 Å². The maximum atomic E-state index is 12.8. The van der Waals surface area contributed by atoms with E-state index >= 15 is 0 Å². The van der Waals surface area contributed by atoms with Crippen molar-refractivity contribution in [1.29, 1.82) is 0 Å². The lowest BCUT2D eigenvalue weighted by Crippen LogP contribution is -2.36. The van der Waals surface area contributed by atoms with Crippen LogP contribution in [0.15, 0.2) is 29.1 Å². The summed E-state index contributed by atoms with van der Waals surface area (Å²) in [6.45, 7) is 7.08. The summed E-state index contributed by atoms with van der Waals surface area (Å²) in [4.78, 5) is 12.8. The number of hydrogen-bond donors (Lipinski definition) is 0. The van der Waals surface area contributed by atoms with Gasteiger partial charge in [-0.25, -0.2) is 9.48 Å². The number of fused-ring (bicyclic) bond motifs is 1. The molecule has 5 heteroatoms. The quantitative estimate of drug-likeness (QED) is 0.875. The van der Waals surface area contributed by atoms with Gasteiger partial charge in [-0.05, 0) is 36.0 Å².